The number of fused-ring (bicyclic) bond motifs is 1. The third-order valence-corrected chi connectivity index (χ3v) is 4.72. The summed E-state index contributed by atoms with van der Waals surface area (Å²) >= 11 is 1.52. The number of nitrogens with zero attached hydrogens (tertiary/aromatic N) is 7. The van der Waals surface area contributed by atoms with Crippen LogP contribution in [0.15, 0.2) is 30.7 Å². The standard InChI is InChI=1S/C16H16N8S/c1-9(2)15-22-23-16(25-15)21-13-5-4-11-14(20-13)19-12(7-17-11)10-6-18-24(3)8-10/h4-9H,1-3H3,(H,19,20,21,23). The van der Waals surface area contributed by atoms with Gasteiger partial charge in [0.1, 0.15) is 16.3 Å². The Bertz CT molecular complexity index is 1040. The van der Waals surface area contributed by atoms with Gasteiger partial charge < -0.3 is 5.32 Å². The van der Waals surface area contributed by atoms with Crippen LogP contribution in [0.25, 0.3) is 22.4 Å². The first-order valence-electron chi connectivity index (χ1n) is 7.82. The highest BCUT2D eigenvalue weighted by Crippen LogP contribution is 2.25. The minimum absolute atomic E-state index is 0.352. The van der Waals surface area contributed by atoms with Gasteiger partial charge in [-0.05, 0) is 12.1 Å². The molecule has 0 saturated carbocycles. The molecule has 0 saturated heterocycles. The highest BCUT2D eigenvalue weighted by molar-refractivity contribution is 7.15. The van der Waals surface area contributed by atoms with Crippen molar-refractivity contribution in [3.8, 4) is 11.3 Å². The fraction of sp³-hybridized carbons (Fsp3) is 0.250. The van der Waals surface area contributed by atoms with E-state index in [0.29, 0.717) is 22.5 Å². The van der Waals surface area contributed by atoms with Gasteiger partial charge in [0.15, 0.2) is 5.65 Å². The van der Waals surface area contributed by atoms with E-state index in [4.69, 9.17) is 0 Å². The zero-order valence-corrected chi connectivity index (χ0v) is 14.8. The summed E-state index contributed by atoms with van der Waals surface area (Å²) in [4.78, 5) is 13.6. The molecule has 0 aliphatic rings. The molecule has 0 atom stereocenters. The Morgan fingerprint density at radius 1 is 1.12 bits per heavy atom. The van der Waals surface area contributed by atoms with E-state index in [9.17, 15) is 0 Å². The Balaban J connectivity index is 1.66. The summed E-state index contributed by atoms with van der Waals surface area (Å²) in [5, 5.41) is 17.4. The van der Waals surface area contributed by atoms with Gasteiger partial charge >= 0.3 is 0 Å². The lowest BCUT2D eigenvalue weighted by Crippen LogP contribution is -1.96. The van der Waals surface area contributed by atoms with Gasteiger partial charge in [0.25, 0.3) is 0 Å². The summed E-state index contributed by atoms with van der Waals surface area (Å²) in [6.07, 6.45) is 5.38. The van der Waals surface area contributed by atoms with Crippen molar-refractivity contribution >= 4 is 33.5 Å². The molecule has 0 aromatic carbocycles. The third kappa shape index (κ3) is 3.18. The molecule has 8 nitrogen and oxygen atoms in total. The average Bonchev–Trinajstić information content (AvgIpc) is 3.23. The molecule has 0 bridgehead atoms. The number of hydrogen-bond donors (Lipinski definition) is 1. The molecular weight excluding hydrogens is 336 g/mol. The van der Waals surface area contributed by atoms with Gasteiger partial charge in [0, 0.05) is 24.7 Å². The van der Waals surface area contributed by atoms with Crippen molar-refractivity contribution in [3.63, 3.8) is 0 Å². The molecule has 25 heavy (non-hydrogen) atoms. The molecule has 9 heteroatoms. The Morgan fingerprint density at radius 3 is 2.72 bits per heavy atom. The topological polar surface area (TPSA) is 94.3 Å². The molecule has 0 aliphatic heterocycles. The zero-order chi connectivity index (χ0) is 17.4. The Kier molecular flexibility index (Phi) is 3.85. The molecule has 0 spiro atoms. The lowest BCUT2D eigenvalue weighted by Gasteiger charge is -2.03. The highest BCUT2D eigenvalue weighted by atomic mass is 32.1. The molecule has 126 valence electrons. The van der Waals surface area contributed by atoms with Crippen LogP contribution in [0.1, 0.15) is 24.8 Å². The Morgan fingerprint density at radius 2 is 2.00 bits per heavy atom. The number of aryl methyl sites for hydroxylation is 1. The van der Waals surface area contributed by atoms with Crippen LogP contribution >= 0.6 is 11.3 Å². The molecule has 4 aromatic rings. The van der Waals surface area contributed by atoms with E-state index in [1.165, 1.54) is 11.3 Å². The minimum atomic E-state index is 0.352. The number of nitrogens with one attached hydrogen (secondary N) is 1. The van der Waals surface area contributed by atoms with Crippen molar-refractivity contribution in [3.05, 3.63) is 35.7 Å². The van der Waals surface area contributed by atoms with Crippen molar-refractivity contribution in [2.45, 2.75) is 19.8 Å². The van der Waals surface area contributed by atoms with Gasteiger partial charge in [-0.3, -0.25) is 9.67 Å². The first kappa shape index (κ1) is 15.6. The van der Waals surface area contributed by atoms with Crippen molar-refractivity contribution in [2.24, 2.45) is 7.05 Å². The van der Waals surface area contributed by atoms with Gasteiger partial charge in [0.2, 0.25) is 5.13 Å². The Hall–Kier alpha value is -2.94. The van der Waals surface area contributed by atoms with Gasteiger partial charge in [-0.15, -0.1) is 10.2 Å². The molecule has 1 N–H and O–H groups in total. The summed E-state index contributed by atoms with van der Waals surface area (Å²) in [7, 11) is 1.87. The van der Waals surface area contributed by atoms with E-state index >= 15 is 0 Å². The second-order valence-corrected chi connectivity index (χ2v) is 6.93. The van der Waals surface area contributed by atoms with Crippen LogP contribution in [-0.4, -0.2) is 34.9 Å². The van der Waals surface area contributed by atoms with Crippen molar-refractivity contribution in [2.75, 3.05) is 5.32 Å². The summed E-state index contributed by atoms with van der Waals surface area (Å²) in [6.45, 7) is 4.18. The number of pyridine rings is 1. The van der Waals surface area contributed by atoms with E-state index in [2.05, 4.69) is 49.4 Å². The SMILES string of the molecule is CC(C)c1nnc(Nc2ccc3ncc(-c4cnn(C)c4)nc3n2)s1. The van der Waals surface area contributed by atoms with Crippen molar-refractivity contribution < 1.29 is 0 Å². The van der Waals surface area contributed by atoms with E-state index in [0.717, 1.165) is 21.8 Å². The van der Waals surface area contributed by atoms with Crippen molar-refractivity contribution in [1.82, 2.24) is 34.9 Å². The summed E-state index contributed by atoms with van der Waals surface area (Å²) < 4.78 is 1.73. The molecule has 4 heterocycles. The predicted octanol–water partition coefficient (Wildman–Crippen LogP) is 3.14. The predicted molar refractivity (Wildman–Crippen MR) is 96.8 cm³/mol. The van der Waals surface area contributed by atoms with Gasteiger partial charge in [-0.1, -0.05) is 25.2 Å². The first-order valence-corrected chi connectivity index (χ1v) is 8.63. The molecule has 0 amide bonds. The Labute approximate surface area is 148 Å². The largest absolute Gasteiger partial charge is 0.315 e. The van der Waals surface area contributed by atoms with Gasteiger partial charge in [-0.25, -0.2) is 9.97 Å². The first-order chi connectivity index (χ1) is 12.1. The van der Waals surface area contributed by atoms with Crippen molar-refractivity contribution in [1.29, 1.82) is 0 Å². The van der Waals surface area contributed by atoms with E-state index < -0.39 is 0 Å². The van der Waals surface area contributed by atoms with E-state index in [-0.39, 0.29) is 0 Å². The second kappa shape index (κ2) is 6.17. The fourth-order valence-electron chi connectivity index (χ4n) is 2.29. The molecule has 0 fully saturated rings. The molecule has 0 unspecified atom stereocenters. The van der Waals surface area contributed by atoms with Crippen LogP contribution in [0.5, 0.6) is 0 Å². The number of rotatable bonds is 4. The van der Waals surface area contributed by atoms with Crippen LogP contribution in [-0.2, 0) is 7.05 Å². The lowest BCUT2D eigenvalue weighted by atomic mass is 10.2. The maximum absolute atomic E-state index is 4.59. The summed E-state index contributed by atoms with van der Waals surface area (Å²) in [5.41, 5.74) is 2.95. The smallest absolute Gasteiger partial charge is 0.211 e. The second-order valence-electron chi connectivity index (χ2n) is 5.92. The van der Waals surface area contributed by atoms with Crippen LogP contribution in [0, 0.1) is 0 Å². The maximum atomic E-state index is 4.59. The number of hydrogen-bond acceptors (Lipinski definition) is 8. The van der Waals surface area contributed by atoms with Crippen LogP contribution in [0.4, 0.5) is 10.9 Å². The van der Waals surface area contributed by atoms with Crippen LogP contribution in [0.3, 0.4) is 0 Å². The third-order valence-electron chi connectivity index (χ3n) is 3.58. The zero-order valence-electron chi connectivity index (χ0n) is 14.0. The van der Waals surface area contributed by atoms with Gasteiger partial charge in [0.05, 0.1) is 18.1 Å². The summed E-state index contributed by atoms with van der Waals surface area (Å²) in [6, 6.07) is 3.74. The number of aromatic nitrogens is 7. The minimum Gasteiger partial charge on any atom is -0.315 e. The normalized spacial score (nSPS) is 11.4. The molecule has 4 aromatic heterocycles. The lowest BCUT2D eigenvalue weighted by molar-refractivity contribution is 0.768. The maximum Gasteiger partial charge on any atom is 0.211 e. The average molecular weight is 352 g/mol. The van der Waals surface area contributed by atoms with E-state index in [1.54, 1.807) is 17.1 Å². The highest BCUT2D eigenvalue weighted by Gasteiger charge is 2.10. The molecular formula is C16H16N8S. The molecule has 4 rings (SSSR count). The summed E-state index contributed by atoms with van der Waals surface area (Å²) in [5.74, 6) is 1.02. The monoisotopic (exact) mass is 352 g/mol. The molecule has 0 radical (unpaired) electrons. The van der Waals surface area contributed by atoms with Crippen LogP contribution < -0.4 is 5.32 Å². The molecule has 0 aliphatic carbocycles. The van der Waals surface area contributed by atoms with Crippen LogP contribution in [0.2, 0.25) is 0 Å². The van der Waals surface area contributed by atoms with Gasteiger partial charge in [-0.2, -0.15) is 5.10 Å². The quantitative estimate of drug-likeness (QED) is 0.603. The number of anilines is 2. The van der Waals surface area contributed by atoms with E-state index in [1.807, 2.05) is 25.4 Å². The fourth-order valence-corrected chi connectivity index (χ4v) is 3.04.